The lowest BCUT2D eigenvalue weighted by Crippen LogP contribution is -2.17. The molecule has 0 aliphatic rings. The van der Waals surface area contributed by atoms with E-state index >= 15 is 0 Å². The van der Waals surface area contributed by atoms with Crippen molar-refractivity contribution < 1.29 is 0 Å². The van der Waals surface area contributed by atoms with Crippen LogP contribution in [0.25, 0.3) is 0 Å². The monoisotopic (exact) mass is 256 g/mol. The van der Waals surface area contributed by atoms with Gasteiger partial charge >= 0.3 is 0 Å². The summed E-state index contributed by atoms with van der Waals surface area (Å²) in [5, 5.41) is 0. The minimum absolute atomic E-state index is 0.0201. The summed E-state index contributed by atoms with van der Waals surface area (Å²) in [4.78, 5) is 8.95. The van der Waals surface area contributed by atoms with Crippen LogP contribution in [0.15, 0.2) is 10.7 Å². The highest BCUT2D eigenvalue weighted by Crippen LogP contribution is 2.21. The minimum atomic E-state index is 0.0201. The SMILES string of the molecule is CCCc1cc(Br)nc(C(C)(C)C)n1. The van der Waals surface area contributed by atoms with Crippen molar-refractivity contribution in [3.05, 3.63) is 22.2 Å². The molecule has 1 heterocycles. The third kappa shape index (κ3) is 3.05. The van der Waals surface area contributed by atoms with Gasteiger partial charge in [-0.1, -0.05) is 34.1 Å². The van der Waals surface area contributed by atoms with Crippen molar-refractivity contribution in [2.75, 3.05) is 0 Å². The largest absolute Gasteiger partial charge is 0.237 e. The number of hydrogen-bond donors (Lipinski definition) is 0. The van der Waals surface area contributed by atoms with Crippen molar-refractivity contribution in [1.29, 1.82) is 0 Å². The fourth-order valence-electron chi connectivity index (χ4n) is 1.18. The Balaban J connectivity index is 3.07. The lowest BCUT2D eigenvalue weighted by Gasteiger charge is -2.17. The fourth-order valence-corrected chi connectivity index (χ4v) is 1.62. The van der Waals surface area contributed by atoms with Crippen LogP contribution in [-0.4, -0.2) is 9.97 Å². The zero-order chi connectivity index (χ0) is 10.8. The van der Waals surface area contributed by atoms with E-state index in [1.54, 1.807) is 0 Å². The molecule has 0 radical (unpaired) electrons. The Labute approximate surface area is 94.3 Å². The molecule has 0 unspecified atom stereocenters. The maximum atomic E-state index is 4.55. The highest BCUT2D eigenvalue weighted by atomic mass is 79.9. The maximum Gasteiger partial charge on any atom is 0.135 e. The molecule has 1 aromatic rings. The Morgan fingerprint density at radius 1 is 1.29 bits per heavy atom. The average Bonchev–Trinajstić information content (AvgIpc) is 2.02. The molecule has 0 aliphatic carbocycles. The molecule has 1 rings (SSSR count). The molecule has 1 aromatic heterocycles. The molecule has 2 nitrogen and oxygen atoms in total. The third-order valence-electron chi connectivity index (χ3n) is 1.92. The Kier molecular flexibility index (Phi) is 3.65. The van der Waals surface area contributed by atoms with Crippen molar-refractivity contribution in [2.45, 2.75) is 46.0 Å². The zero-order valence-electron chi connectivity index (χ0n) is 9.26. The smallest absolute Gasteiger partial charge is 0.135 e. The molecule has 0 bridgehead atoms. The summed E-state index contributed by atoms with van der Waals surface area (Å²) in [6, 6.07) is 2.00. The van der Waals surface area contributed by atoms with E-state index in [-0.39, 0.29) is 5.41 Å². The van der Waals surface area contributed by atoms with Crippen LogP contribution in [0.4, 0.5) is 0 Å². The average molecular weight is 257 g/mol. The van der Waals surface area contributed by atoms with Crippen molar-refractivity contribution in [3.63, 3.8) is 0 Å². The summed E-state index contributed by atoms with van der Waals surface area (Å²) >= 11 is 3.42. The van der Waals surface area contributed by atoms with Crippen molar-refractivity contribution in [1.82, 2.24) is 9.97 Å². The number of rotatable bonds is 2. The quantitative estimate of drug-likeness (QED) is 0.758. The number of nitrogens with zero attached hydrogens (tertiary/aromatic N) is 2. The van der Waals surface area contributed by atoms with E-state index < -0.39 is 0 Å². The molecule has 0 aliphatic heterocycles. The Morgan fingerprint density at radius 3 is 2.43 bits per heavy atom. The zero-order valence-corrected chi connectivity index (χ0v) is 10.8. The first-order chi connectivity index (χ1) is 6.43. The molecular weight excluding hydrogens is 240 g/mol. The Bertz CT molecular complexity index is 316. The number of aryl methyl sites for hydroxylation is 1. The third-order valence-corrected chi connectivity index (χ3v) is 2.33. The minimum Gasteiger partial charge on any atom is -0.237 e. The van der Waals surface area contributed by atoms with Gasteiger partial charge in [-0.25, -0.2) is 9.97 Å². The summed E-state index contributed by atoms with van der Waals surface area (Å²) in [6.07, 6.45) is 2.14. The molecular formula is C11H17BrN2. The van der Waals surface area contributed by atoms with Crippen molar-refractivity contribution in [2.24, 2.45) is 0 Å². The van der Waals surface area contributed by atoms with Crippen LogP contribution in [0.2, 0.25) is 0 Å². The van der Waals surface area contributed by atoms with Gasteiger partial charge in [0.15, 0.2) is 0 Å². The van der Waals surface area contributed by atoms with Gasteiger partial charge in [0.2, 0.25) is 0 Å². The van der Waals surface area contributed by atoms with Gasteiger partial charge in [-0.05, 0) is 28.4 Å². The van der Waals surface area contributed by atoms with Crippen LogP contribution in [-0.2, 0) is 11.8 Å². The molecule has 0 atom stereocenters. The summed E-state index contributed by atoms with van der Waals surface area (Å²) < 4.78 is 0.890. The highest BCUT2D eigenvalue weighted by molar-refractivity contribution is 9.10. The van der Waals surface area contributed by atoms with Gasteiger partial charge < -0.3 is 0 Å². The topological polar surface area (TPSA) is 25.8 Å². The standard InChI is InChI=1S/C11H17BrN2/c1-5-6-8-7-9(12)14-10(13-8)11(2,3)4/h7H,5-6H2,1-4H3. The molecule has 78 valence electrons. The Hall–Kier alpha value is -0.440. The second-order valence-electron chi connectivity index (χ2n) is 4.51. The molecule has 0 saturated heterocycles. The van der Waals surface area contributed by atoms with Crippen LogP contribution in [0.5, 0.6) is 0 Å². The van der Waals surface area contributed by atoms with Gasteiger partial charge in [-0.15, -0.1) is 0 Å². The molecule has 0 fully saturated rings. The van der Waals surface area contributed by atoms with Crippen LogP contribution >= 0.6 is 15.9 Å². The first kappa shape index (κ1) is 11.6. The number of halogens is 1. The maximum absolute atomic E-state index is 4.55. The van der Waals surface area contributed by atoms with Crippen LogP contribution in [0.3, 0.4) is 0 Å². The van der Waals surface area contributed by atoms with E-state index in [0.717, 1.165) is 29.0 Å². The lowest BCUT2D eigenvalue weighted by molar-refractivity contribution is 0.539. The Morgan fingerprint density at radius 2 is 1.93 bits per heavy atom. The van der Waals surface area contributed by atoms with Crippen molar-refractivity contribution >= 4 is 15.9 Å². The van der Waals surface area contributed by atoms with Crippen molar-refractivity contribution in [3.8, 4) is 0 Å². The predicted molar refractivity (Wildman–Crippen MR) is 62.4 cm³/mol. The van der Waals surface area contributed by atoms with Crippen LogP contribution in [0.1, 0.15) is 45.6 Å². The summed E-state index contributed by atoms with van der Waals surface area (Å²) in [5.74, 6) is 0.912. The first-order valence-electron chi connectivity index (χ1n) is 4.97. The van der Waals surface area contributed by atoms with Gasteiger partial charge in [0, 0.05) is 11.1 Å². The number of hydrogen-bond acceptors (Lipinski definition) is 2. The first-order valence-corrected chi connectivity index (χ1v) is 5.76. The second-order valence-corrected chi connectivity index (χ2v) is 5.32. The van der Waals surface area contributed by atoms with E-state index in [2.05, 4.69) is 53.6 Å². The van der Waals surface area contributed by atoms with Crippen LogP contribution < -0.4 is 0 Å². The van der Waals surface area contributed by atoms with Gasteiger partial charge in [0.25, 0.3) is 0 Å². The summed E-state index contributed by atoms with van der Waals surface area (Å²) in [6.45, 7) is 8.55. The van der Waals surface area contributed by atoms with E-state index in [4.69, 9.17) is 0 Å². The molecule has 0 N–H and O–H groups in total. The normalized spacial score (nSPS) is 11.8. The molecule has 0 spiro atoms. The molecule has 14 heavy (non-hydrogen) atoms. The highest BCUT2D eigenvalue weighted by Gasteiger charge is 2.18. The van der Waals surface area contributed by atoms with E-state index in [0.29, 0.717) is 0 Å². The van der Waals surface area contributed by atoms with E-state index in [1.807, 2.05) is 6.07 Å². The predicted octanol–water partition coefficient (Wildman–Crippen LogP) is 3.49. The lowest BCUT2D eigenvalue weighted by atomic mass is 9.95. The van der Waals surface area contributed by atoms with Gasteiger partial charge in [-0.2, -0.15) is 0 Å². The van der Waals surface area contributed by atoms with E-state index in [1.165, 1.54) is 0 Å². The van der Waals surface area contributed by atoms with Gasteiger partial charge in [0.05, 0.1) is 0 Å². The summed E-state index contributed by atoms with van der Waals surface area (Å²) in [7, 11) is 0. The fraction of sp³-hybridized carbons (Fsp3) is 0.636. The molecule has 3 heteroatoms. The van der Waals surface area contributed by atoms with Gasteiger partial charge in [-0.3, -0.25) is 0 Å². The molecule has 0 amide bonds. The second kappa shape index (κ2) is 4.39. The number of aromatic nitrogens is 2. The molecule has 0 saturated carbocycles. The van der Waals surface area contributed by atoms with Gasteiger partial charge in [0.1, 0.15) is 10.4 Å². The summed E-state index contributed by atoms with van der Waals surface area (Å²) in [5.41, 5.74) is 1.14. The molecule has 0 aromatic carbocycles. The van der Waals surface area contributed by atoms with Crippen LogP contribution in [0, 0.1) is 0 Å². The van der Waals surface area contributed by atoms with E-state index in [9.17, 15) is 0 Å².